The number of aliphatic hydroxyl groups is 3. The maximum absolute atomic E-state index is 12.4. The lowest BCUT2D eigenvalue weighted by Crippen LogP contribution is -2.63. The molecule has 146 valence electrons. The van der Waals surface area contributed by atoms with E-state index in [1.165, 1.54) is 0 Å². The first-order chi connectivity index (χ1) is 12.2. The standard InChI is InChI=1S/C21H32O5/c1-19-7-5-13(23)9-12(19)3-4-14-15-6-8-21(26,17(25)11-22)20(15,2)10-16(24)18(14)19/h12,14-16,18,22,24,26H,3-11H2,1-2H3/t12-,14+,15+,16+,18-,19+,20+,21-/m1/s1. The second kappa shape index (κ2) is 5.86. The molecule has 4 fully saturated rings. The molecule has 0 spiro atoms. The van der Waals surface area contributed by atoms with Gasteiger partial charge in [0.05, 0.1) is 6.10 Å². The average molecular weight is 364 g/mol. The summed E-state index contributed by atoms with van der Waals surface area (Å²) in [6.07, 6.45) is 5.02. The minimum absolute atomic E-state index is 0.0285. The highest BCUT2D eigenvalue weighted by Crippen LogP contribution is 2.68. The third-order valence-corrected chi connectivity index (χ3v) is 9.17. The van der Waals surface area contributed by atoms with Gasteiger partial charge in [-0.2, -0.15) is 0 Å². The summed E-state index contributed by atoms with van der Waals surface area (Å²) >= 11 is 0. The van der Waals surface area contributed by atoms with E-state index in [-0.39, 0.29) is 23.2 Å². The van der Waals surface area contributed by atoms with E-state index in [0.29, 0.717) is 37.4 Å². The number of rotatable bonds is 2. The Morgan fingerprint density at radius 2 is 1.92 bits per heavy atom. The first-order valence-electron chi connectivity index (χ1n) is 10.2. The van der Waals surface area contributed by atoms with Gasteiger partial charge in [-0.25, -0.2) is 0 Å². The van der Waals surface area contributed by atoms with Crippen molar-refractivity contribution in [3.8, 4) is 0 Å². The molecule has 0 unspecified atom stereocenters. The number of carbonyl (C=O) groups is 2. The van der Waals surface area contributed by atoms with E-state index in [4.69, 9.17) is 0 Å². The van der Waals surface area contributed by atoms with Gasteiger partial charge in [0.25, 0.3) is 0 Å². The third-order valence-electron chi connectivity index (χ3n) is 9.17. The number of carbonyl (C=O) groups excluding carboxylic acids is 2. The maximum Gasteiger partial charge on any atom is 0.190 e. The second-order valence-electron chi connectivity index (χ2n) is 9.99. The molecule has 3 N–H and O–H groups in total. The topological polar surface area (TPSA) is 94.8 Å². The fraction of sp³-hybridized carbons (Fsp3) is 0.905. The summed E-state index contributed by atoms with van der Waals surface area (Å²) in [5.41, 5.74) is -2.24. The Hall–Kier alpha value is -0.780. The number of Topliss-reactive ketones (excluding diaryl/α,β-unsaturated/α-hetero) is 2. The van der Waals surface area contributed by atoms with Crippen molar-refractivity contribution in [2.75, 3.05) is 6.61 Å². The summed E-state index contributed by atoms with van der Waals surface area (Å²) in [6.45, 7) is 3.55. The fourth-order valence-electron chi connectivity index (χ4n) is 7.76. The van der Waals surface area contributed by atoms with Crippen LogP contribution in [0.1, 0.15) is 65.2 Å². The van der Waals surface area contributed by atoms with E-state index in [1.54, 1.807) is 0 Å². The van der Waals surface area contributed by atoms with Gasteiger partial charge in [-0.15, -0.1) is 0 Å². The number of hydrogen-bond donors (Lipinski definition) is 3. The van der Waals surface area contributed by atoms with Crippen molar-refractivity contribution in [3.05, 3.63) is 0 Å². The molecule has 0 aromatic rings. The lowest BCUT2D eigenvalue weighted by Gasteiger charge is -2.62. The molecular weight excluding hydrogens is 332 g/mol. The van der Waals surface area contributed by atoms with Gasteiger partial charge in [-0.05, 0) is 67.6 Å². The van der Waals surface area contributed by atoms with Crippen molar-refractivity contribution < 1.29 is 24.9 Å². The Kier molecular flexibility index (Phi) is 4.18. The molecule has 4 aliphatic carbocycles. The second-order valence-corrected chi connectivity index (χ2v) is 9.99. The lowest BCUT2D eigenvalue weighted by molar-refractivity contribution is -0.198. The normalized spacial score (nSPS) is 53.6. The highest BCUT2D eigenvalue weighted by Gasteiger charge is 2.68. The van der Waals surface area contributed by atoms with Crippen LogP contribution >= 0.6 is 0 Å². The molecule has 5 nitrogen and oxygen atoms in total. The van der Waals surface area contributed by atoms with Gasteiger partial charge < -0.3 is 15.3 Å². The van der Waals surface area contributed by atoms with Crippen LogP contribution in [0.3, 0.4) is 0 Å². The summed E-state index contributed by atoms with van der Waals surface area (Å²) in [4.78, 5) is 24.3. The van der Waals surface area contributed by atoms with Crippen molar-refractivity contribution in [3.63, 3.8) is 0 Å². The lowest BCUT2D eigenvalue weighted by atomic mass is 9.43. The molecule has 4 rings (SSSR count). The van der Waals surface area contributed by atoms with Crippen LogP contribution in [0, 0.1) is 34.5 Å². The van der Waals surface area contributed by atoms with E-state index in [0.717, 1.165) is 25.7 Å². The zero-order chi connectivity index (χ0) is 18.9. The molecule has 0 saturated heterocycles. The summed E-state index contributed by atoms with van der Waals surface area (Å²) < 4.78 is 0. The van der Waals surface area contributed by atoms with Crippen molar-refractivity contribution in [1.29, 1.82) is 0 Å². The molecule has 8 atom stereocenters. The first-order valence-corrected chi connectivity index (χ1v) is 10.2. The van der Waals surface area contributed by atoms with Crippen molar-refractivity contribution >= 4 is 11.6 Å². The Balaban J connectivity index is 1.70. The molecule has 0 aliphatic heterocycles. The third kappa shape index (κ3) is 2.20. The molecule has 0 aromatic carbocycles. The van der Waals surface area contributed by atoms with Crippen LogP contribution in [0.2, 0.25) is 0 Å². The SMILES string of the molecule is C[C@]12CCC(=O)C[C@H]1CC[C@@H]1[C@@H]2[C@@H](O)C[C@@]2(C)[C@H]1CC[C@@]2(O)C(=O)CO. The number of ketones is 2. The first kappa shape index (κ1) is 18.6. The predicted molar refractivity (Wildman–Crippen MR) is 95.2 cm³/mol. The average Bonchev–Trinajstić information content (AvgIpc) is 2.86. The summed E-state index contributed by atoms with van der Waals surface area (Å²) in [5, 5.41) is 31.8. The van der Waals surface area contributed by atoms with Crippen LogP contribution < -0.4 is 0 Å². The highest BCUT2D eigenvalue weighted by atomic mass is 16.3. The van der Waals surface area contributed by atoms with E-state index >= 15 is 0 Å². The summed E-state index contributed by atoms with van der Waals surface area (Å²) in [6, 6.07) is 0. The summed E-state index contributed by atoms with van der Waals surface area (Å²) in [7, 11) is 0. The number of aliphatic hydroxyl groups excluding tert-OH is 2. The van der Waals surface area contributed by atoms with Crippen molar-refractivity contribution in [2.45, 2.75) is 76.9 Å². The van der Waals surface area contributed by atoms with E-state index < -0.39 is 29.5 Å². The monoisotopic (exact) mass is 364 g/mol. The molecule has 0 heterocycles. The predicted octanol–water partition coefficient (Wildman–Crippen LogP) is 1.86. The van der Waals surface area contributed by atoms with Crippen LogP contribution in [-0.2, 0) is 9.59 Å². The van der Waals surface area contributed by atoms with Crippen molar-refractivity contribution in [1.82, 2.24) is 0 Å². The number of hydrogen-bond acceptors (Lipinski definition) is 5. The molecule has 0 amide bonds. The molecule has 4 aliphatic rings. The zero-order valence-electron chi connectivity index (χ0n) is 15.9. The van der Waals surface area contributed by atoms with Gasteiger partial charge in [0, 0.05) is 18.3 Å². The molecule has 0 aromatic heterocycles. The maximum atomic E-state index is 12.4. The van der Waals surface area contributed by atoms with Crippen molar-refractivity contribution in [2.24, 2.45) is 34.5 Å². The Morgan fingerprint density at radius 3 is 2.62 bits per heavy atom. The van der Waals surface area contributed by atoms with Crippen LogP contribution in [0.15, 0.2) is 0 Å². The minimum Gasteiger partial charge on any atom is -0.393 e. The highest BCUT2D eigenvalue weighted by molar-refractivity contribution is 5.89. The zero-order valence-corrected chi connectivity index (χ0v) is 15.9. The molecular formula is C21H32O5. The van der Waals surface area contributed by atoms with Crippen LogP contribution in [-0.4, -0.2) is 45.2 Å². The quantitative estimate of drug-likeness (QED) is 0.695. The Bertz CT molecular complexity index is 632. The van der Waals surface area contributed by atoms with Gasteiger partial charge >= 0.3 is 0 Å². The summed E-state index contributed by atoms with van der Waals surface area (Å²) in [5.74, 6) is 0.800. The van der Waals surface area contributed by atoms with Crippen LogP contribution in [0.5, 0.6) is 0 Å². The minimum atomic E-state index is -1.53. The Morgan fingerprint density at radius 1 is 1.19 bits per heavy atom. The molecule has 5 heteroatoms. The Labute approximate surface area is 155 Å². The molecule has 26 heavy (non-hydrogen) atoms. The van der Waals surface area contributed by atoms with Crippen LogP contribution in [0.25, 0.3) is 0 Å². The van der Waals surface area contributed by atoms with Gasteiger partial charge in [0.15, 0.2) is 5.78 Å². The van der Waals surface area contributed by atoms with E-state index in [9.17, 15) is 24.9 Å². The molecule has 0 bridgehead atoms. The van der Waals surface area contributed by atoms with Gasteiger partial charge in [0.1, 0.15) is 18.0 Å². The fourth-order valence-corrected chi connectivity index (χ4v) is 7.76. The van der Waals surface area contributed by atoms with Gasteiger partial charge in [-0.3, -0.25) is 9.59 Å². The molecule has 4 saturated carbocycles. The van der Waals surface area contributed by atoms with E-state index in [1.807, 2.05) is 6.92 Å². The van der Waals surface area contributed by atoms with Gasteiger partial charge in [-0.1, -0.05) is 13.8 Å². The molecule has 0 radical (unpaired) electrons. The van der Waals surface area contributed by atoms with Gasteiger partial charge in [0.2, 0.25) is 0 Å². The largest absolute Gasteiger partial charge is 0.393 e. The smallest absolute Gasteiger partial charge is 0.190 e. The van der Waals surface area contributed by atoms with E-state index in [2.05, 4.69) is 6.92 Å². The van der Waals surface area contributed by atoms with Crippen LogP contribution in [0.4, 0.5) is 0 Å². The number of fused-ring (bicyclic) bond motifs is 5.